The van der Waals surface area contributed by atoms with Crippen LogP contribution in [0.15, 0.2) is 24.4 Å². The van der Waals surface area contributed by atoms with Crippen molar-refractivity contribution in [3.8, 4) is 5.88 Å². The van der Waals surface area contributed by atoms with Crippen LogP contribution in [0.4, 0.5) is 13.2 Å². The van der Waals surface area contributed by atoms with Crippen molar-refractivity contribution in [3.05, 3.63) is 24.4 Å². The molecule has 1 heterocycles. The highest BCUT2D eigenvalue weighted by Crippen LogP contribution is 2.17. The molecule has 1 aromatic heterocycles. The molecule has 3 nitrogen and oxygen atoms in total. The fourth-order valence-corrected chi connectivity index (χ4v) is 0.486. The average Bonchev–Trinajstić information content (AvgIpc) is 2.02. The second-order valence-electron chi connectivity index (χ2n) is 1.78. The Kier molecular flexibility index (Phi) is 2.49. The van der Waals surface area contributed by atoms with Crippen LogP contribution in [-0.2, 0) is 4.89 Å². The fraction of sp³-hybridized carbons (Fsp3) is 0.167. The molecule has 0 aliphatic heterocycles. The molecule has 0 aliphatic rings. The summed E-state index contributed by atoms with van der Waals surface area (Å²) in [5.41, 5.74) is 0. The molecule has 0 aromatic carbocycles. The van der Waals surface area contributed by atoms with Gasteiger partial charge in [0.1, 0.15) is 0 Å². The van der Waals surface area contributed by atoms with Gasteiger partial charge in [0.25, 0.3) is 5.88 Å². The van der Waals surface area contributed by atoms with E-state index in [1.165, 1.54) is 18.3 Å². The van der Waals surface area contributed by atoms with Gasteiger partial charge >= 0.3 is 6.36 Å². The molecule has 6 heteroatoms. The first-order valence-corrected chi connectivity index (χ1v) is 2.91. The Labute approximate surface area is 65.7 Å². The van der Waals surface area contributed by atoms with Gasteiger partial charge in [-0.05, 0) is 6.07 Å². The van der Waals surface area contributed by atoms with E-state index in [1.807, 2.05) is 0 Å². The molecule has 0 spiro atoms. The lowest BCUT2D eigenvalue weighted by Gasteiger charge is -2.04. The zero-order valence-corrected chi connectivity index (χ0v) is 5.71. The smallest absolute Gasteiger partial charge is 0.309 e. The number of nitrogens with zero attached hydrogens (tertiary/aromatic N) is 1. The van der Waals surface area contributed by atoms with E-state index in [1.54, 1.807) is 6.07 Å². The predicted molar refractivity (Wildman–Crippen MR) is 32.0 cm³/mol. The molecule has 0 bridgehead atoms. The summed E-state index contributed by atoms with van der Waals surface area (Å²) in [4.78, 5) is 10.3. The Hall–Kier alpha value is -1.30. The van der Waals surface area contributed by atoms with Crippen molar-refractivity contribution in [2.24, 2.45) is 0 Å². The molecule has 0 atom stereocenters. The SMILES string of the molecule is FC(F)(F)OOc1ccccn1. The van der Waals surface area contributed by atoms with E-state index in [-0.39, 0.29) is 5.88 Å². The largest absolute Gasteiger partial charge is 0.558 e. The molecule has 0 amide bonds. The summed E-state index contributed by atoms with van der Waals surface area (Å²) in [6.45, 7) is 0. The molecule has 0 radical (unpaired) electrons. The van der Waals surface area contributed by atoms with Crippen LogP contribution in [0.5, 0.6) is 5.88 Å². The van der Waals surface area contributed by atoms with Crippen molar-refractivity contribution in [3.63, 3.8) is 0 Å². The minimum Gasteiger partial charge on any atom is -0.309 e. The van der Waals surface area contributed by atoms with Crippen molar-refractivity contribution >= 4 is 0 Å². The molecule has 0 aliphatic carbocycles. The predicted octanol–water partition coefficient (Wildman–Crippen LogP) is 1.91. The van der Waals surface area contributed by atoms with Crippen LogP contribution in [0, 0.1) is 0 Å². The molecule has 0 N–H and O–H groups in total. The molecule has 12 heavy (non-hydrogen) atoms. The number of alkyl halides is 3. The highest BCUT2D eigenvalue weighted by Gasteiger charge is 2.32. The maximum absolute atomic E-state index is 11.4. The van der Waals surface area contributed by atoms with Crippen molar-refractivity contribution in [2.45, 2.75) is 6.36 Å². The zero-order chi connectivity index (χ0) is 9.03. The zero-order valence-electron chi connectivity index (χ0n) is 5.71. The number of halogens is 3. The van der Waals surface area contributed by atoms with Gasteiger partial charge in [0.2, 0.25) is 0 Å². The monoisotopic (exact) mass is 179 g/mol. The van der Waals surface area contributed by atoms with E-state index in [9.17, 15) is 13.2 Å². The summed E-state index contributed by atoms with van der Waals surface area (Å²) in [5, 5.41) is 0. The molecular weight excluding hydrogens is 175 g/mol. The molecule has 66 valence electrons. The third-order valence-electron chi connectivity index (χ3n) is 0.859. The summed E-state index contributed by atoms with van der Waals surface area (Å²) in [6, 6.07) is 4.26. The van der Waals surface area contributed by atoms with Crippen LogP contribution < -0.4 is 4.89 Å². The summed E-state index contributed by atoms with van der Waals surface area (Å²) in [6.07, 6.45) is -3.52. The maximum Gasteiger partial charge on any atom is 0.558 e. The highest BCUT2D eigenvalue weighted by molar-refractivity contribution is 5.07. The fourth-order valence-electron chi connectivity index (χ4n) is 0.486. The van der Waals surface area contributed by atoms with Crippen LogP contribution in [-0.4, -0.2) is 11.3 Å². The van der Waals surface area contributed by atoms with E-state index in [0.717, 1.165) is 0 Å². The minimum atomic E-state index is -4.81. The van der Waals surface area contributed by atoms with Gasteiger partial charge in [-0.3, -0.25) is 0 Å². The van der Waals surface area contributed by atoms with Gasteiger partial charge in [-0.1, -0.05) is 11.0 Å². The van der Waals surface area contributed by atoms with Crippen molar-refractivity contribution in [2.75, 3.05) is 0 Å². The quantitative estimate of drug-likeness (QED) is 0.513. The van der Waals surface area contributed by atoms with Gasteiger partial charge in [-0.2, -0.15) is 0 Å². The Balaban J connectivity index is 2.44. The van der Waals surface area contributed by atoms with Crippen LogP contribution in [0.1, 0.15) is 0 Å². The molecule has 0 saturated carbocycles. The van der Waals surface area contributed by atoms with Crippen LogP contribution >= 0.6 is 0 Å². The second kappa shape index (κ2) is 3.40. The standard InChI is InChI=1S/C6H4F3NO2/c7-6(8,9)12-11-5-3-1-2-4-10-5/h1-4H. The first-order valence-electron chi connectivity index (χ1n) is 2.91. The molecule has 1 aromatic rings. The molecule has 1 rings (SSSR count). The van der Waals surface area contributed by atoms with E-state index >= 15 is 0 Å². The van der Waals surface area contributed by atoms with Crippen LogP contribution in [0.3, 0.4) is 0 Å². The number of hydrogen-bond acceptors (Lipinski definition) is 3. The van der Waals surface area contributed by atoms with E-state index < -0.39 is 6.36 Å². The lowest BCUT2D eigenvalue weighted by Crippen LogP contribution is -2.16. The topological polar surface area (TPSA) is 31.4 Å². The van der Waals surface area contributed by atoms with Crippen molar-refractivity contribution in [1.82, 2.24) is 4.98 Å². The minimum absolute atomic E-state index is 0.241. The second-order valence-corrected chi connectivity index (χ2v) is 1.78. The van der Waals surface area contributed by atoms with E-state index in [2.05, 4.69) is 14.8 Å². The Morgan fingerprint density at radius 2 is 2.00 bits per heavy atom. The first-order chi connectivity index (χ1) is 5.58. The summed E-state index contributed by atoms with van der Waals surface area (Å²) in [5.74, 6) is -0.241. The molecule has 0 unspecified atom stereocenters. The van der Waals surface area contributed by atoms with Crippen molar-refractivity contribution < 1.29 is 22.9 Å². The van der Waals surface area contributed by atoms with Gasteiger partial charge in [0.15, 0.2) is 0 Å². The molecule has 0 fully saturated rings. The number of pyridine rings is 1. The van der Waals surface area contributed by atoms with E-state index in [4.69, 9.17) is 0 Å². The Morgan fingerprint density at radius 1 is 1.25 bits per heavy atom. The highest BCUT2D eigenvalue weighted by atomic mass is 19.4. The first kappa shape index (κ1) is 8.79. The normalized spacial score (nSPS) is 11.2. The Bertz CT molecular complexity index is 236. The number of aromatic nitrogens is 1. The molecule has 0 saturated heterocycles. The van der Waals surface area contributed by atoms with E-state index in [0.29, 0.717) is 0 Å². The van der Waals surface area contributed by atoms with Gasteiger partial charge in [-0.25, -0.2) is 4.98 Å². The van der Waals surface area contributed by atoms with Gasteiger partial charge in [-0.15, -0.1) is 13.2 Å². The van der Waals surface area contributed by atoms with Gasteiger partial charge in [0.05, 0.1) is 0 Å². The summed E-state index contributed by atoms with van der Waals surface area (Å²) in [7, 11) is 0. The third kappa shape index (κ3) is 3.20. The molecular formula is C6H4F3NO2. The third-order valence-corrected chi connectivity index (χ3v) is 0.859. The number of rotatable bonds is 2. The lowest BCUT2D eigenvalue weighted by atomic mass is 10.5. The lowest BCUT2D eigenvalue weighted by molar-refractivity contribution is -0.445. The van der Waals surface area contributed by atoms with Crippen LogP contribution in [0.2, 0.25) is 0 Å². The van der Waals surface area contributed by atoms with Crippen LogP contribution in [0.25, 0.3) is 0 Å². The van der Waals surface area contributed by atoms with Gasteiger partial charge in [0, 0.05) is 12.3 Å². The van der Waals surface area contributed by atoms with Crippen molar-refractivity contribution in [1.29, 1.82) is 0 Å². The summed E-state index contributed by atoms with van der Waals surface area (Å²) >= 11 is 0. The Morgan fingerprint density at radius 3 is 2.50 bits per heavy atom. The average molecular weight is 179 g/mol. The maximum atomic E-state index is 11.4. The van der Waals surface area contributed by atoms with Gasteiger partial charge < -0.3 is 4.89 Å². The number of hydrogen-bond donors (Lipinski definition) is 0. The summed E-state index contributed by atoms with van der Waals surface area (Å²) < 4.78 is 34.1.